The Bertz CT molecular complexity index is 1440. The zero-order chi connectivity index (χ0) is 29.8. The van der Waals surface area contributed by atoms with Crippen LogP contribution in [0.4, 0.5) is 0 Å². The molecule has 7 nitrogen and oxygen atoms in total. The number of carbonyl (C=O) groups is 3. The van der Waals surface area contributed by atoms with Gasteiger partial charge in [-0.2, -0.15) is 0 Å². The van der Waals surface area contributed by atoms with Gasteiger partial charge in [-0.25, -0.2) is 0 Å². The van der Waals surface area contributed by atoms with E-state index in [2.05, 4.69) is 5.32 Å². The van der Waals surface area contributed by atoms with Gasteiger partial charge in [-0.15, -0.1) is 0 Å². The summed E-state index contributed by atoms with van der Waals surface area (Å²) in [4.78, 5) is 44.0. The van der Waals surface area contributed by atoms with E-state index in [9.17, 15) is 14.4 Å². The Morgan fingerprint density at radius 1 is 0.905 bits per heavy atom. The van der Waals surface area contributed by atoms with Crippen LogP contribution in [0.3, 0.4) is 0 Å². The maximum absolute atomic E-state index is 14.0. The highest BCUT2D eigenvalue weighted by molar-refractivity contribution is 6.42. The number of nitrogens with one attached hydrogen (secondary N) is 1. The molecule has 0 aliphatic carbocycles. The fourth-order valence-electron chi connectivity index (χ4n) is 5.87. The molecule has 2 heterocycles. The summed E-state index contributed by atoms with van der Waals surface area (Å²) >= 11 is 18.7. The molecule has 2 fully saturated rings. The minimum absolute atomic E-state index is 0.0353. The molecule has 4 atom stereocenters. The van der Waals surface area contributed by atoms with Crippen LogP contribution in [0, 0.1) is 5.92 Å². The SMILES string of the molecule is CN(C(=O)c1ccc(Cl)cc1)[C@@H]1CCN(C(=O)[C@H]2CCOC[C@H]2NC(=O)c2ccccc2)C[C@H]1c1ccc(Cl)c(Cl)c1. The molecule has 2 aliphatic rings. The second kappa shape index (κ2) is 13.5. The van der Waals surface area contributed by atoms with E-state index >= 15 is 0 Å². The van der Waals surface area contributed by atoms with Gasteiger partial charge in [0.15, 0.2) is 0 Å². The maximum Gasteiger partial charge on any atom is 0.253 e. The molecule has 0 unspecified atom stereocenters. The zero-order valence-electron chi connectivity index (χ0n) is 23.1. The van der Waals surface area contributed by atoms with E-state index in [1.807, 2.05) is 23.1 Å². The van der Waals surface area contributed by atoms with Crippen molar-refractivity contribution in [3.8, 4) is 0 Å². The Labute approximate surface area is 260 Å². The number of amides is 3. The largest absolute Gasteiger partial charge is 0.379 e. The van der Waals surface area contributed by atoms with Gasteiger partial charge >= 0.3 is 0 Å². The number of hydrogen-bond acceptors (Lipinski definition) is 4. The molecule has 3 amide bonds. The van der Waals surface area contributed by atoms with E-state index in [0.717, 1.165) is 5.56 Å². The van der Waals surface area contributed by atoms with Gasteiger partial charge < -0.3 is 19.9 Å². The highest BCUT2D eigenvalue weighted by atomic mass is 35.5. The van der Waals surface area contributed by atoms with Gasteiger partial charge in [0.2, 0.25) is 5.91 Å². The molecule has 0 aromatic heterocycles. The number of piperidine rings is 1. The first-order valence-corrected chi connectivity index (χ1v) is 15.1. The smallest absolute Gasteiger partial charge is 0.253 e. The van der Waals surface area contributed by atoms with Gasteiger partial charge in [0.05, 0.1) is 28.6 Å². The molecule has 2 aliphatic heterocycles. The number of halogens is 3. The summed E-state index contributed by atoms with van der Waals surface area (Å²) in [6.45, 7) is 1.56. The van der Waals surface area contributed by atoms with Crippen LogP contribution in [-0.4, -0.2) is 73.0 Å². The molecule has 220 valence electrons. The highest BCUT2D eigenvalue weighted by Crippen LogP contribution is 2.35. The maximum atomic E-state index is 14.0. The molecule has 10 heteroatoms. The number of likely N-dealkylation sites (N-methyl/N-ethyl adjacent to an activating group) is 1. The second-order valence-corrected chi connectivity index (χ2v) is 12.0. The molecule has 1 N–H and O–H groups in total. The predicted molar refractivity (Wildman–Crippen MR) is 164 cm³/mol. The van der Waals surface area contributed by atoms with E-state index in [4.69, 9.17) is 39.5 Å². The molecule has 3 aromatic rings. The zero-order valence-corrected chi connectivity index (χ0v) is 25.4. The summed E-state index contributed by atoms with van der Waals surface area (Å²) in [5.74, 6) is -1.04. The third-order valence-electron chi connectivity index (χ3n) is 8.19. The molecule has 42 heavy (non-hydrogen) atoms. The number of likely N-dealkylation sites (tertiary alicyclic amines) is 1. The molecule has 3 aromatic carbocycles. The Hall–Kier alpha value is -3.10. The summed E-state index contributed by atoms with van der Waals surface area (Å²) in [7, 11) is 1.79. The summed E-state index contributed by atoms with van der Waals surface area (Å²) in [6, 6.07) is 20.6. The van der Waals surface area contributed by atoms with Crippen molar-refractivity contribution < 1.29 is 19.1 Å². The van der Waals surface area contributed by atoms with Crippen LogP contribution in [0.2, 0.25) is 15.1 Å². The van der Waals surface area contributed by atoms with Crippen molar-refractivity contribution >= 4 is 52.5 Å². The standard InChI is InChI=1S/C32H32Cl3N3O4/c1-37(31(40)21-7-10-23(33)11-8-21)29-13-15-38(18-25(29)22-9-12-26(34)27(35)17-22)32(41)24-14-16-42-19-28(24)36-30(39)20-5-3-2-4-6-20/h2-12,17,24-25,28-29H,13-16,18-19H2,1H3,(H,36,39)/t24-,25-,28+,29+/m0/s1. The number of nitrogens with zero attached hydrogens (tertiary/aromatic N) is 2. The Morgan fingerprint density at radius 3 is 2.36 bits per heavy atom. The fraction of sp³-hybridized carbons (Fsp3) is 0.344. The summed E-state index contributed by atoms with van der Waals surface area (Å²) in [5, 5.41) is 4.43. The Morgan fingerprint density at radius 2 is 1.64 bits per heavy atom. The first-order chi connectivity index (χ1) is 20.2. The fourth-order valence-corrected chi connectivity index (χ4v) is 6.30. The van der Waals surface area contributed by atoms with Crippen LogP contribution in [0.5, 0.6) is 0 Å². The van der Waals surface area contributed by atoms with Gasteiger partial charge in [0.1, 0.15) is 0 Å². The van der Waals surface area contributed by atoms with Crippen LogP contribution in [0.25, 0.3) is 0 Å². The molecule has 0 radical (unpaired) electrons. The molecular formula is C32H32Cl3N3O4. The van der Waals surface area contributed by atoms with E-state index in [1.54, 1.807) is 66.5 Å². The number of rotatable bonds is 6. The minimum atomic E-state index is -0.450. The Kier molecular flexibility index (Phi) is 9.74. The average Bonchev–Trinajstić information content (AvgIpc) is 3.02. The normalized spacial score (nSPS) is 22.3. The third-order valence-corrected chi connectivity index (χ3v) is 9.19. The van der Waals surface area contributed by atoms with Crippen molar-refractivity contribution in [2.24, 2.45) is 5.92 Å². The van der Waals surface area contributed by atoms with E-state index < -0.39 is 12.0 Å². The average molecular weight is 629 g/mol. The topological polar surface area (TPSA) is 79.0 Å². The van der Waals surface area contributed by atoms with E-state index in [0.29, 0.717) is 58.7 Å². The summed E-state index contributed by atoms with van der Waals surface area (Å²) < 4.78 is 5.66. The molecule has 0 spiro atoms. The molecule has 2 saturated heterocycles. The number of carbonyl (C=O) groups excluding carboxylic acids is 3. The van der Waals surface area contributed by atoms with Crippen molar-refractivity contribution in [2.75, 3.05) is 33.4 Å². The molecular weight excluding hydrogens is 597 g/mol. The van der Waals surface area contributed by atoms with Gasteiger partial charge in [0, 0.05) is 54.9 Å². The van der Waals surface area contributed by atoms with E-state index in [-0.39, 0.29) is 36.3 Å². The predicted octanol–water partition coefficient (Wildman–Crippen LogP) is 5.94. The summed E-state index contributed by atoms with van der Waals surface area (Å²) in [5.41, 5.74) is 1.96. The van der Waals surface area contributed by atoms with Crippen molar-refractivity contribution in [3.63, 3.8) is 0 Å². The van der Waals surface area contributed by atoms with Gasteiger partial charge in [-0.3, -0.25) is 14.4 Å². The number of hydrogen-bond donors (Lipinski definition) is 1. The van der Waals surface area contributed by atoms with Crippen LogP contribution in [-0.2, 0) is 9.53 Å². The van der Waals surface area contributed by atoms with Crippen LogP contribution >= 0.6 is 34.8 Å². The van der Waals surface area contributed by atoms with Crippen LogP contribution in [0.15, 0.2) is 72.8 Å². The minimum Gasteiger partial charge on any atom is -0.379 e. The first kappa shape index (κ1) is 30.4. The Balaban J connectivity index is 1.37. The molecule has 0 saturated carbocycles. The monoisotopic (exact) mass is 627 g/mol. The quantitative estimate of drug-likeness (QED) is 0.367. The van der Waals surface area contributed by atoms with Gasteiger partial charge in [-0.1, -0.05) is 59.1 Å². The second-order valence-electron chi connectivity index (χ2n) is 10.8. The summed E-state index contributed by atoms with van der Waals surface area (Å²) in [6.07, 6.45) is 1.07. The van der Waals surface area contributed by atoms with Crippen molar-refractivity contribution in [1.82, 2.24) is 15.1 Å². The lowest BCUT2D eigenvalue weighted by molar-refractivity contribution is -0.141. The van der Waals surface area contributed by atoms with Crippen LogP contribution < -0.4 is 5.32 Å². The highest BCUT2D eigenvalue weighted by Gasteiger charge is 2.41. The van der Waals surface area contributed by atoms with Gasteiger partial charge in [-0.05, 0) is 66.9 Å². The lowest BCUT2D eigenvalue weighted by atomic mass is 9.83. The van der Waals surface area contributed by atoms with Gasteiger partial charge in [0.25, 0.3) is 11.8 Å². The first-order valence-electron chi connectivity index (χ1n) is 13.9. The van der Waals surface area contributed by atoms with Crippen LogP contribution in [0.1, 0.15) is 45.0 Å². The lowest BCUT2D eigenvalue weighted by Gasteiger charge is -2.44. The molecule has 0 bridgehead atoms. The van der Waals surface area contributed by atoms with Crippen molar-refractivity contribution in [3.05, 3.63) is 105 Å². The van der Waals surface area contributed by atoms with E-state index in [1.165, 1.54) is 0 Å². The number of benzene rings is 3. The third kappa shape index (κ3) is 6.76. The molecule has 5 rings (SSSR count). The van der Waals surface area contributed by atoms with Crippen molar-refractivity contribution in [2.45, 2.75) is 30.8 Å². The lowest BCUT2D eigenvalue weighted by Crippen LogP contribution is -2.57. The van der Waals surface area contributed by atoms with Crippen molar-refractivity contribution in [1.29, 1.82) is 0 Å². The number of ether oxygens (including phenoxy) is 1.